The summed E-state index contributed by atoms with van der Waals surface area (Å²) in [6.45, 7) is 1.29. The first-order valence-electron chi connectivity index (χ1n) is 5.61. The summed E-state index contributed by atoms with van der Waals surface area (Å²) in [6.07, 6.45) is 1.15. The highest BCUT2D eigenvalue weighted by Crippen LogP contribution is 2.59. The van der Waals surface area contributed by atoms with Crippen LogP contribution in [0.1, 0.15) is 18.4 Å². The number of carboxylic acids is 1. The molecule has 1 N–H and O–H groups in total. The van der Waals surface area contributed by atoms with Crippen LogP contribution >= 0.6 is 23.2 Å². The van der Waals surface area contributed by atoms with Crippen molar-refractivity contribution in [1.82, 2.24) is 4.98 Å². The quantitative estimate of drug-likeness (QED) is 0.849. The molecule has 0 atom stereocenters. The van der Waals surface area contributed by atoms with Crippen LogP contribution in [0.4, 0.5) is 0 Å². The number of aliphatic carboxylic acids is 1. The molecule has 1 aliphatic carbocycles. The third-order valence-electron chi connectivity index (χ3n) is 3.89. The number of hydrogen-bond donors (Lipinski definition) is 1. The SMILES string of the molecule is O=C(O)C1(c2cc(Cl)nc(Cl)c2)CC2(COC2)C1. The molecule has 1 aliphatic heterocycles. The molecule has 18 heavy (non-hydrogen) atoms. The summed E-state index contributed by atoms with van der Waals surface area (Å²) in [7, 11) is 0. The number of ether oxygens (including phenoxy) is 1. The van der Waals surface area contributed by atoms with Gasteiger partial charge in [0.2, 0.25) is 0 Å². The summed E-state index contributed by atoms with van der Waals surface area (Å²) in [5.41, 5.74) is -0.210. The molecule has 1 saturated carbocycles. The van der Waals surface area contributed by atoms with Crippen molar-refractivity contribution in [2.45, 2.75) is 18.3 Å². The molecule has 0 radical (unpaired) electrons. The Bertz CT molecular complexity index is 500. The minimum Gasteiger partial charge on any atom is -0.481 e. The van der Waals surface area contributed by atoms with Crippen molar-refractivity contribution < 1.29 is 14.6 Å². The second-order valence-electron chi connectivity index (χ2n) is 5.23. The summed E-state index contributed by atoms with van der Waals surface area (Å²) < 4.78 is 5.18. The smallest absolute Gasteiger partial charge is 0.314 e. The molecule has 2 heterocycles. The number of hydrogen-bond acceptors (Lipinski definition) is 3. The maximum Gasteiger partial charge on any atom is 0.314 e. The molecular weight excluding hydrogens is 277 g/mol. The third-order valence-corrected chi connectivity index (χ3v) is 4.28. The summed E-state index contributed by atoms with van der Waals surface area (Å²) in [4.78, 5) is 15.5. The largest absolute Gasteiger partial charge is 0.481 e. The molecule has 1 spiro atoms. The van der Waals surface area contributed by atoms with Crippen molar-refractivity contribution in [2.24, 2.45) is 5.41 Å². The fourth-order valence-corrected chi connectivity index (χ4v) is 3.50. The average Bonchev–Trinajstić information content (AvgIpc) is 2.11. The van der Waals surface area contributed by atoms with Gasteiger partial charge in [-0.3, -0.25) is 4.79 Å². The van der Waals surface area contributed by atoms with Gasteiger partial charge in [0, 0.05) is 5.41 Å². The van der Waals surface area contributed by atoms with Crippen LogP contribution in [0.2, 0.25) is 10.3 Å². The fraction of sp³-hybridized carbons (Fsp3) is 0.500. The van der Waals surface area contributed by atoms with Gasteiger partial charge in [0.15, 0.2) is 0 Å². The predicted molar refractivity (Wildman–Crippen MR) is 66.1 cm³/mol. The zero-order valence-electron chi connectivity index (χ0n) is 9.45. The van der Waals surface area contributed by atoms with E-state index in [1.807, 2.05) is 0 Å². The van der Waals surface area contributed by atoms with Gasteiger partial charge in [0.05, 0.1) is 18.6 Å². The Balaban J connectivity index is 1.98. The Morgan fingerprint density at radius 3 is 2.22 bits per heavy atom. The third kappa shape index (κ3) is 1.63. The molecular formula is C12H11Cl2NO3. The maximum atomic E-state index is 11.6. The van der Waals surface area contributed by atoms with Crippen molar-refractivity contribution in [2.75, 3.05) is 13.2 Å². The molecule has 1 aromatic rings. The van der Waals surface area contributed by atoms with E-state index in [4.69, 9.17) is 27.9 Å². The number of rotatable bonds is 2. The topological polar surface area (TPSA) is 59.4 Å². The Morgan fingerprint density at radius 1 is 1.28 bits per heavy atom. The second-order valence-corrected chi connectivity index (χ2v) is 6.01. The van der Waals surface area contributed by atoms with Gasteiger partial charge in [0.25, 0.3) is 0 Å². The predicted octanol–water partition coefficient (Wildman–Crippen LogP) is 2.52. The average molecular weight is 288 g/mol. The van der Waals surface area contributed by atoms with Gasteiger partial charge < -0.3 is 9.84 Å². The van der Waals surface area contributed by atoms with Gasteiger partial charge in [-0.15, -0.1) is 0 Å². The van der Waals surface area contributed by atoms with Crippen LogP contribution in [0.15, 0.2) is 12.1 Å². The summed E-state index contributed by atoms with van der Waals surface area (Å²) in [5.74, 6) is -0.835. The zero-order valence-corrected chi connectivity index (χ0v) is 11.0. The molecule has 1 saturated heterocycles. The van der Waals surface area contributed by atoms with Crippen LogP contribution in [0.3, 0.4) is 0 Å². The first-order chi connectivity index (χ1) is 8.46. The molecule has 2 fully saturated rings. The minimum absolute atomic E-state index is 0.0423. The molecule has 2 aliphatic rings. The van der Waals surface area contributed by atoms with Crippen LogP contribution in [0, 0.1) is 5.41 Å². The van der Waals surface area contributed by atoms with Crippen LogP contribution in [0.25, 0.3) is 0 Å². The summed E-state index contributed by atoms with van der Waals surface area (Å²) in [5, 5.41) is 9.98. The lowest BCUT2D eigenvalue weighted by molar-refractivity contribution is -0.201. The van der Waals surface area contributed by atoms with E-state index in [2.05, 4.69) is 4.98 Å². The summed E-state index contributed by atoms with van der Waals surface area (Å²) >= 11 is 11.7. The summed E-state index contributed by atoms with van der Waals surface area (Å²) in [6, 6.07) is 3.18. The second kappa shape index (κ2) is 3.83. The van der Waals surface area contributed by atoms with E-state index in [-0.39, 0.29) is 15.7 Å². The van der Waals surface area contributed by atoms with Gasteiger partial charge in [-0.05, 0) is 30.5 Å². The number of nitrogens with zero attached hydrogens (tertiary/aromatic N) is 1. The molecule has 4 nitrogen and oxygen atoms in total. The highest BCUT2D eigenvalue weighted by molar-refractivity contribution is 6.32. The van der Waals surface area contributed by atoms with E-state index >= 15 is 0 Å². The lowest BCUT2D eigenvalue weighted by Crippen LogP contribution is -2.62. The Morgan fingerprint density at radius 2 is 1.83 bits per heavy atom. The van der Waals surface area contributed by atoms with Crippen molar-refractivity contribution in [3.8, 4) is 0 Å². The van der Waals surface area contributed by atoms with E-state index in [9.17, 15) is 9.90 Å². The van der Waals surface area contributed by atoms with Crippen molar-refractivity contribution in [3.05, 3.63) is 28.0 Å². The van der Waals surface area contributed by atoms with Gasteiger partial charge in [-0.25, -0.2) is 4.98 Å². The Hall–Kier alpha value is -0.840. The lowest BCUT2D eigenvalue weighted by Gasteiger charge is -2.58. The number of pyridine rings is 1. The van der Waals surface area contributed by atoms with E-state index in [1.165, 1.54) is 0 Å². The molecule has 0 aromatic carbocycles. The van der Waals surface area contributed by atoms with Crippen LogP contribution in [-0.2, 0) is 14.9 Å². The number of carboxylic acid groups (broad SMARTS) is 1. The fourth-order valence-electron chi connectivity index (χ4n) is 3.04. The molecule has 0 bridgehead atoms. The van der Waals surface area contributed by atoms with Crippen molar-refractivity contribution in [3.63, 3.8) is 0 Å². The molecule has 96 valence electrons. The maximum absolute atomic E-state index is 11.6. The Kier molecular flexibility index (Phi) is 2.59. The minimum atomic E-state index is -0.889. The number of carbonyl (C=O) groups is 1. The molecule has 3 rings (SSSR count). The lowest BCUT2D eigenvalue weighted by atomic mass is 9.49. The van der Waals surface area contributed by atoms with Crippen molar-refractivity contribution in [1.29, 1.82) is 0 Å². The van der Waals surface area contributed by atoms with Gasteiger partial charge in [0.1, 0.15) is 10.3 Å². The van der Waals surface area contributed by atoms with Crippen LogP contribution in [0.5, 0.6) is 0 Å². The molecule has 6 heteroatoms. The van der Waals surface area contributed by atoms with E-state index < -0.39 is 11.4 Å². The Labute approximate surface area is 114 Å². The highest BCUT2D eigenvalue weighted by Gasteiger charge is 2.63. The van der Waals surface area contributed by atoms with E-state index in [0.29, 0.717) is 31.6 Å². The van der Waals surface area contributed by atoms with Gasteiger partial charge >= 0.3 is 5.97 Å². The first kappa shape index (κ1) is 12.2. The van der Waals surface area contributed by atoms with E-state index in [1.54, 1.807) is 12.1 Å². The molecule has 1 aromatic heterocycles. The van der Waals surface area contributed by atoms with Gasteiger partial charge in [-0.2, -0.15) is 0 Å². The number of aromatic nitrogens is 1. The van der Waals surface area contributed by atoms with Crippen LogP contribution < -0.4 is 0 Å². The van der Waals surface area contributed by atoms with Gasteiger partial charge in [-0.1, -0.05) is 23.2 Å². The number of halogens is 2. The van der Waals surface area contributed by atoms with Crippen LogP contribution in [-0.4, -0.2) is 29.3 Å². The first-order valence-corrected chi connectivity index (χ1v) is 6.36. The van der Waals surface area contributed by atoms with Crippen molar-refractivity contribution >= 4 is 29.2 Å². The molecule has 0 amide bonds. The standard InChI is InChI=1S/C12H11Cl2NO3/c13-8-1-7(2-9(14)15-8)12(10(16)17)3-11(4-12)5-18-6-11/h1-2H,3-6H2,(H,16,17). The molecule has 0 unspecified atom stereocenters. The normalized spacial score (nSPS) is 23.2. The zero-order chi connectivity index (χ0) is 13.0. The highest BCUT2D eigenvalue weighted by atomic mass is 35.5. The monoisotopic (exact) mass is 287 g/mol. The van der Waals surface area contributed by atoms with E-state index in [0.717, 1.165) is 0 Å².